The summed E-state index contributed by atoms with van der Waals surface area (Å²) in [5.74, 6) is -4.87. The predicted octanol–water partition coefficient (Wildman–Crippen LogP) is 1.00. The first-order chi connectivity index (χ1) is 9.58. The Morgan fingerprint density at radius 3 is 2.24 bits per heavy atom. The van der Waals surface area contributed by atoms with E-state index in [1.807, 2.05) is 0 Å². The lowest BCUT2D eigenvalue weighted by Gasteiger charge is -2.39. The number of carbonyl (C=O) groups excluding carboxylic acids is 1. The summed E-state index contributed by atoms with van der Waals surface area (Å²) in [6.07, 6.45) is 0. The summed E-state index contributed by atoms with van der Waals surface area (Å²) in [4.78, 5) is 10.5. The second-order valence-corrected chi connectivity index (χ2v) is 6.89. The maximum atomic E-state index is 13.7. The molecule has 1 aliphatic rings. The maximum Gasteiger partial charge on any atom is 0.249 e. The SMILES string of the molecule is CC1(C)C(=O)NCCN1S(=O)(=O)c1c(F)cc(F)cc1F. The van der Waals surface area contributed by atoms with Crippen LogP contribution in [0.4, 0.5) is 13.2 Å². The molecule has 2 rings (SSSR count). The molecule has 0 spiro atoms. The minimum absolute atomic E-state index is 0.0198. The third-order valence-corrected chi connectivity index (χ3v) is 5.42. The molecule has 1 amide bonds. The van der Waals surface area contributed by atoms with Gasteiger partial charge in [0.2, 0.25) is 15.9 Å². The number of amides is 1. The molecule has 21 heavy (non-hydrogen) atoms. The highest BCUT2D eigenvalue weighted by atomic mass is 32.2. The molecule has 0 atom stereocenters. The van der Waals surface area contributed by atoms with Crippen molar-refractivity contribution in [2.75, 3.05) is 13.1 Å². The van der Waals surface area contributed by atoms with Crippen molar-refractivity contribution in [3.8, 4) is 0 Å². The number of rotatable bonds is 2. The average Bonchev–Trinajstić information content (AvgIpc) is 2.30. The minimum atomic E-state index is -4.62. The molecule has 9 heteroatoms. The van der Waals surface area contributed by atoms with E-state index in [0.717, 1.165) is 0 Å². The normalized spacial score (nSPS) is 19.4. The Hall–Kier alpha value is -1.61. The van der Waals surface area contributed by atoms with E-state index in [4.69, 9.17) is 0 Å². The third kappa shape index (κ3) is 2.51. The van der Waals surface area contributed by atoms with Crippen LogP contribution in [0.25, 0.3) is 0 Å². The fraction of sp³-hybridized carbons (Fsp3) is 0.417. The number of halogens is 3. The standard InChI is InChI=1S/C12H13F3N2O3S/c1-12(2)11(18)16-3-4-17(12)21(19,20)10-8(14)5-7(13)6-9(10)15/h5-6H,3-4H2,1-2H3,(H,16,18). The summed E-state index contributed by atoms with van der Waals surface area (Å²) in [6, 6.07) is 0.569. The van der Waals surface area contributed by atoms with Crippen molar-refractivity contribution in [1.29, 1.82) is 0 Å². The number of carbonyl (C=O) groups is 1. The van der Waals surface area contributed by atoms with Gasteiger partial charge in [0.05, 0.1) is 0 Å². The van der Waals surface area contributed by atoms with Crippen molar-refractivity contribution in [2.45, 2.75) is 24.3 Å². The summed E-state index contributed by atoms with van der Waals surface area (Å²) >= 11 is 0. The van der Waals surface area contributed by atoms with Gasteiger partial charge in [-0.05, 0) is 13.8 Å². The van der Waals surface area contributed by atoms with Gasteiger partial charge in [0.1, 0.15) is 23.0 Å². The Morgan fingerprint density at radius 2 is 1.71 bits per heavy atom. The highest BCUT2D eigenvalue weighted by Crippen LogP contribution is 2.30. The molecule has 0 saturated carbocycles. The van der Waals surface area contributed by atoms with Gasteiger partial charge < -0.3 is 5.32 Å². The summed E-state index contributed by atoms with van der Waals surface area (Å²) in [6.45, 7) is 2.51. The topological polar surface area (TPSA) is 66.5 Å². The lowest BCUT2D eigenvalue weighted by Crippen LogP contribution is -2.63. The lowest BCUT2D eigenvalue weighted by molar-refractivity contribution is -0.131. The van der Waals surface area contributed by atoms with E-state index in [1.54, 1.807) is 0 Å². The quantitative estimate of drug-likeness (QED) is 0.883. The first kappa shape index (κ1) is 15.8. The fourth-order valence-electron chi connectivity index (χ4n) is 2.19. The van der Waals surface area contributed by atoms with E-state index in [9.17, 15) is 26.4 Å². The van der Waals surface area contributed by atoms with E-state index < -0.39 is 43.8 Å². The Labute approximate surface area is 119 Å². The predicted molar refractivity (Wildman–Crippen MR) is 67.3 cm³/mol. The van der Waals surface area contributed by atoms with Crippen molar-refractivity contribution in [3.63, 3.8) is 0 Å². The number of hydrogen-bond acceptors (Lipinski definition) is 3. The lowest BCUT2D eigenvalue weighted by atomic mass is 10.0. The number of hydrogen-bond donors (Lipinski definition) is 1. The molecule has 1 heterocycles. The van der Waals surface area contributed by atoms with E-state index in [0.29, 0.717) is 4.31 Å². The van der Waals surface area contributed by atoms with Crippen LogP contribution in [-0.4, -0.2) is 37.3 Å². The minimum Gasteiger partial charge on any atom is -0.353 e. The fourth-order valence-corrected chi connectivity index (χ4v) is 4.03. The van der Waals surface area contributed by atoms with E-state index >= 15 is 0 Å². The van der Waals surface area contributed by atoms with Crippen LogP contribution in [0.1, 0.15) is 13.8 Å². The molecule has 5 nitrogen and oxygen atoms in total. The Bertz CT molecular complexity index is 681. The number of nitrogens with one attached hydrogen (secondary N) is 1. The average molecular weight is 322 g/mol. The molecule has 1 fully saturated rings. The number of piperazine rings is 1. The van der Waals surface area contributed by atoms with E-state index in [1.165, 1.54) is 13.8 Å². The summed E-state index contributed by atoms with van der Waals surface area (Å²) in [7, 11) is -4.62. The van der Waals surface area contributed by atoms with Gasteiger partial charge in [0.25, 0.3) is 0 Å². The van der Waals surface area contributed by atoms with Crippen molar-refractivity contribution < 1.29 is 26.4 Å². The zero-order valence-electron chi connectivity index (χ0n) is 11.3. The zero-order valence-corrected chi connectivity index (χ0v) is 12.1. The Balaban J connectivity index is 2.60. The molecule has 1 saturated heterocycles. The smallest absolute Gasteiger partial charge is 0.249 e. The largest absolute Gasteiger partial charge is 0.353 e. The number of nitrogens with zero attached hydrogens (tertiary/aromatic N) is 1. The highest BCUT2D eigenvalue weighted by Gasteiger charge is 2.46. The van der Waals surface area contributed by atoms with Gasteiger partial charge in [0.15, 0.2) is 4.90 Å². The van der Waals surface area contributed by atoms with E-state index in [-0.39, 0.29) is 25.2 Å². The summed E-state index contributed by atoms with van der Waals surface area (Å²) in [5, 5.41) is 2.47. The molecule has 1 aliphatic heterocycles. The second kappa shape index (κ2) is 4.99. The molecule has 0 bridgehead atoms. The highest BCUT2D eigenvalue weighted by molar-refractivity contribution is 7.89. The zero-order chi connectivity index (χ0) is 16.0. The summed E-state index contributed by atoms with van der Waals surface area (Å²) in [5.41, 5.74) is -1.51. The van der Waals surface area contributed by atoms with Crippen molar-refractivity contribution >= 4 is 15.9 Å². The molecule has 0 aliphatic carbocycles. The van der Waals surface area contributed by atoms with Crippen LogP contribution < -0.4 is 5.32 Å². The van der Waals surface area contributed by atoms with Crippen LogP contribution in [0, 0.1) is 17.5 Å². The molecule has 116 valence electrons. The monoisotopic (exact) mass is 322 g/mol. The van der Waals surface area contributed by atoms with Gasteiger partial charge >= 0.3 is 0 Å². The third-order valence-electron chi connectivity index (χ3n) is 3.29. The van der Waals surface area contributed by atoms with Crippen LogP contribution in [0.15, 0.2) is 17.0 Å². The molecule has 0 aromatic heterocycles. The molecular formula is C12H13F3N2O3S. The van der Waals surface area contributed by atoms with Gasteiger partial charge in [0, 0.05) is 25.2 Å². The first-order valence-electron chi connectivity index (χ1n) is 6.04. The van der Waals surface area contributed by atoms with Crippen LogP contribution in [0.2, 0.25) is 0 Å². The van der Waals surface area contributed by atoms with Gasteiger partial charge in [-0.15, -0.1) is 0 Å². The van der Waals surface area contributed by atoms with Gasteiger partial charge in [-0.3, -0.25) is 4.79 Å². The van der Waals surface area contributed by atoms with Gasteiger partial charge in [-0.25, -0.2) is 21.6 Å². The van der Waals surface area contributed by atoms with Crippen LogP contribution >= 0.6 is 0 Å². The van der Waals surface area contributed by atoms with Crippen molar-refractivity contribution in [3.05, 3.63) is 29.6 Å². The van der Waals surface area contributed by atoms with Gasteiger partial charge in [-0.2, -0.15) is 4.31 Å². The molecule has 0 radical (unpaired) electrons. The molecule has 1 aromatic rings. The first-order valence-corrected chi connectivity index (χ1v) is 7.48. The van der Waals surface area contributed by atoms with Crippen molar-refractivity contribution in [2.24, 2.45) is 0 Å². The summed E-state index contributed by atoms with van der Waals surface area (Å²) < 4.78 is 65.9. The molecule has 1 N–H and O–H groups in total. The molecular weight excluding hydrogens is 309 g/mol. The number of sulfonamides is 1. The van der Waals surface area contributed by atoms with Gasteiger partial charge in [-0.1, -0.05) is 0 Å². The van der Waals surface area contributed by atoms with Crippen LogP contribution in [0.3, 0.4) is 0 Å². The van der Waals surface area contributed by atoms with Crippen molar-refractivity contribution in [1.82, 2.24) is 9.62 Å². The molecule has 0 unspecified atom stereocenters. The second-order valence-electron chi connectivity index (χ2n) is 5.09. The van der Waals surface area contributed by atoms with Crippen LogP contribution in [-0.2, 0) is 14.8 Å². The Morgan fingerprint density at radius 1 is 1.19 bits per heavy atom. The van der Waals surface area contributed by atoms with E-state index in [2.05, 4.69) is 5.32 Å². The number of benzene rings is 1. The van der Waals surface area contributed by atoms with Crippen LogP contribution in [0.5, 0.6) is 0 Å². The maximum absolute atomic E-state index is 13.7. The Kier molecular flexibility index (Phi) is 3.75. The molecule has 1 aromatic carbocycles.